The highest BCUT2D eigenvalue weighted by Gasteiger charge is 2.31. The number of carbonyl (C=O) groups excluding carboxylic acids is 1. The lowest BCUT2D eigenvalue weighted by atomic mass is 9.96. The van der Waals surface area contributed by atoms with Crippen LogP contribution in [0.2, 0.25) is 0 Å². The van der Waals surface area contributed by atoms with E-state index in [0.717, 1.165) is 52.4 Å². The zero-order chi connectivity index (χ0) is 19.8. The van der Waals surface area contributed by atoms with Crippen molar-refractivity contribution in [1.82, 2.24) is 15.2 Å². The molecule has 29 heavy (non-hydrogen) atoms. The fourth-order valence-electron chi connectivity index (χ4n) is 4.60. The van der Waals surface area contributed by atoms with Crippen molar-refractivity contribution >= 4 is 22.5 Å². The van der Waals surface area contributed by atoms with Crippen LogP contribution in [0.25, 0.3) is 22.2 Å². The molecule has 2 aliphatic rings. The van der Waals surface area contributed by atoms with E-state index in [0.29, 0.717) is 6.42 Å². The highest BCUT2D eigenvalue weighted by Crippen LogP contribution is 2.35. The minimum Gasteiger partial charge on any atom is -0.369 e. The van der Waals surface area contributed by atoms with Crippen molar-refractivity contribution in [2.45, 2.75) is 26.2 Å². The first-order valence-corrected chi connectivity index (χ1v) is 10.5. The highest BCUT2D eigenvalue weighted by molar-refractivity contribution is 5.93. The van der Waals surface area contributed by atoms with Crippen molar-refractivity contribution in [3.05, 3.63) is 42.0 Å². The zero-order valence-electron chi connectivity index (χ0n) is 16.8. The van der Waals surface area contributed by atoms with Crippen molar-refractivity contribution in [1.29, 1.82) is 0 Å². The number of fused-ring (bicyclic) bond motifs is 1. The number of hydrogen-bond acceptors (Lipinski definition) is 6. The molecule has 2 fully saturated rings. The van der Waals surface area contributed by atoms with Crippen molar-refractivity contribution < 1.29 is 9.42 Å². The maximum atomic E-state index is 11.3. The van der Waals surface area contributed by atoms with Gasteiger partial charge in [-0.25, -0.2) is 4.63 Å². The second kappa shape index (κ2) is 7.59. The van der Waals surface area contributed by atoms with Gasteiger partial charge in [0.15, 0.2) is 5.52 Å². The zero-order valence-corrected chi connectivity index (χ0v) is 16.8. The number of ketones is 1. The number of Topliss-reactive ketones (excluding diaryl/α,β-unsaturated/α-hetero) is 1. The summed E-state index contributed by atoms with van der Waals surface area (Å²) < 4.78 is 5.04. The quantitative estimate of drug-likeness (QED) is 0.641. The number of carbonyl (C=O) groups is 1. The van der Waals surface area contributed by atoms with Crippen LogP contribution < -0.4 is 4.90 Å². The van der Waals surface area contributed by atoms with Crippen molar-refractivity contribution in [2.24, 2.45) is 5.92 Å². The third kappa shape index (κ3) is 3.77. The molecule has 0 bridgehead atoms. The molecule has 3 aromatic rings. The molecular weight excluding hydrogens is 364 g/mol. The second-order valence-corrected chi connectivity index (χ2v) is 8.48. The Hall–Kier alpha value is -2.73. The number of aromatic nitrogens is 2. The van der Waals surface area contributed by atoms with Crippen LogP contribution in [0.15, 0.2) is 41.0 Å². The minimum atomic E-state index is 0.177. The smallest absolute Gasteiger partial charge is 0.158 e. The standard InChI is InChI=1S/C23H26N4O2/c1-16(28)10-17-4-6-19(7-5-17)20-11-21-23(25-29-24-21)22(12-20)27-14-18(15-27)13-26-8-2-3-9-26/h4-7,11-12,18H,2-3,8-10,13-15H2,1H3. The van der Waals surface area contributed by atoms with Crippen LogP contribution in [0.4, 0.5) is 5.69 Å². The van der Waals surface area contributed by atoms with Crippen LogP contribution in [-0.4, -0.2) is 53.7 Å². The van der Waals surface area contributed by atoms with Gasteiger partial charge in [-0.1, -0.05) is 24.3 Å². The molecule has 0 aliphatic carbocycles. The lowest BCUT2D eigenvalue weighted by Gasteiger charge is -2.42. The summed E-state index contributed by atoms with van der Waals surface area (Å²) >= 11 is 0. The van der Waals surface area contributed by atoms with Crippen molar-refractivity contribution in [2.75, 3.05) is 37.6 Å². The van der Waals surface area contributed by atoms with E-state index in [9.17, 15) is 4.79 Å². The molecule has 0 atom stereocenters. The van der Waals surface area contributed by atoms with Gasteiger partial charge in [-0.15, -0.1) is 0 Å². The third-order valence-corrected chi connectivity index (χ3v) is 6.09. The first-order chi connectivity index (χ1) is 14.2. The number of likely N-dealkylation sites (tertiary alicyclic amines) is 1. The third-order valence-electron chi connectivity index (χ3n) is 6.09. The SMILES string of the molecule is CC(=O)Cc1ccc(-c2cc(N3CC(CN4CCCC4)C3)c3nonc3c2)cc1. The van der Waals surface area contributed by atoms with Crippen LogP contribution in [0.1, 0.15) is 25.3 Å². The number of hydrogen-bond donors (Lipinski definition) is 0. The summed E-state index contributed by atoms with van der Waals surface area (Å²) in [7, 11) is 0. The molecule has 0 spiro atoms. The average molecular weight is 390 g/mol. The van der Waals surface area contributed by atoms with Crippen molar-refractivity contribution in [3.63, 3.8) is 0 Å². The molecule has 0 N–H and O–H groups in total. The van der Waals surface area contributed by atoms with Gasteiger partial charge in [-0.2, -0.15) is 0 Å². The predicted octanol–water partition coefficient (Wildman–Crippen LogP) is 3.55. The van der Waals surface area contributed by atoms with Crippen LogP contribution in [0.5, 0.6) is 0 Å². The van der Waals surface area contributed by atoms with Gasteiger partial charge >= 0.3 is 0 Å². The lowest BCUT2D eigenvalue weighted by Crippen LogP contribution is -2.51. The molecule has 150 valence electrons. The molecule has 2 saturated heterocycles. The molecule has 1 aromatic heterocycles. The Morgan fingerprint density at radius 1 is 1.07 bits per heavy atom. The molecule has 0 amide bonds. The van der Waals surface area contributed by atoms with Crippen LogP contribution >= 0.6 is 0 Å². The van der Waals surface area contributed by atoms with E-state index in [1.165, 1.54) is 32.5 Å². The second-order valence-electron chi connectivity index (χ2n) is 8.48. The van der Waals surface area contributed by atoms with E-state index in [2.05, 4.69) is 38.3 Å². The summed E-state index contributed by atoms with van der Waals surface area (Å²) in [6, 6.07) is 12.4. The largest absolute Gasteiger partial charge is 0.369 e. The lowest BCUT2D eigenvalue weighted by molar-refractivity contribution is -0.116. The summed E-state index contributed by atoms with van der Waals surface area (Å²) in [6.07, 6.45) is 3.16. The van der Waals surface area contributed by atoms with Crippen LogP contribution in [0, 0.1) is 5.92 Å². The monoisotopic (exact) mass is 390 g/mol. The minimum absolute atomic E-state index is 0.177. The Kier molecular flexibility index (Phi) is 4.79. The molecule has 5 rings (SSSR count). The Morgan fingerprint density at radius 3 is 2.55 bits per heavy atom. The van der Waals surface area contributed by atoms with E-state index in [1.807, 2.05) is 18.2 Å². The fraction of sp³-hybridized carbons (Fsp3) is 0.435. The summed E-state index contributed by atoms with van der Waals surface area (Å²) in [5, 5.41) is 8.26. The van der Waals surface area contributed by atoms with E-state index in [4.69, 9.17) is 4.63 Å². The molecule has 0 saturated carbocycles. The highest BCUT2D eigenvalue weighted by atomic mass is 16.6. The van der Waals surface area contributed by atoms with Gasteiger partial charge in [0, 0.05) is 32.0 Å². The predicted molar refractivity (Wildman–Crippen MR) is 113 cm³/mol. The van der Waals surface area contributed by atoms with E-state index >= 15 is 0 Å². The maximum absolute atomic E-state index is 11.3. The maximum Gasteiger partial charge on any atom is 0.158 e. The Morgan fingerprint density at radius 2 is 1.83 bits per heavy atom. The first-order valence-electron chi connectivity index (χ1n) is 10.5. The number of benzene rings is 2. The Balaban J connectivity index is 1.37. The van der Waals surface area contributed by atoms with Gasteiger partial charge in [0.2, 0.25) is 0 Å². The van der Waals surface area contributed by atoms with Gasteiger partial charge < -0.3 is 9.80 Å². The van der Waals surface area contributed by atoms with E-state index < -0.39 is 0 Å². The number of nitrogens with zero attached hydrogens (tertiary/aromatic N) is 4. The first kappa shape index (κ1) is 18.3. The van der Waals surface area contributed by atoms with Crippen LogP contribution in [0.3, 0.4) is 0 Å². The molecular formula is C23H26N4O2. The number of anilines is 1. The summed E-state index contributed by atoms with van der Waals surface area (Å²) in [5.41, 5.74) is 5.97. The molecule has 6 heteroatoms. The molecule has 0 radical (unpaired) electrons. The Bertz CT molecular complexity index is 1020. The van der Waals surface area contributed by atoms with E-state index in [-0.39, 0.29) is 5.78 Å². The summed E-state index contributed by atoms with van der Waals surface area (Å²) in [6.45, 7) is 7.44. The molecule has 2 aromatic carbocycles. The topological polar surface area (TPSA) is 62.5 Å². The number of rotatable bonds is 6. The van der Waals surface area contributed by atoms with Gasteiger partial charge in [-0.05, 0) is 72.0 Å². The van der Waals surface area contributed by atoms with Gasteiger partial charge in [0.1, 0.15) is 11.3 Å². The van der Waals surface area contributed by atoms with E-state index in [1.54, 1.807) is 6.92 Å². The summed E-state index contributed by atoms with van der Waals surface area (Å²) in [4.78, 5) is 16.3. The normalized spacial score (nSPS) is 17.8. The molecule has 2 aliphatic heterocycles. The van der Waals surface area contributed by atoms with Gasteiger partial charge in [0.25, 0.3) is 0 Å². The molecule has 0 unspecified atom stereocenters. The van der Waals surface area contributed by atoms with Crippen LogP contribution in [-0.2, 0) is 11.2 Å². The van der Waals surface area contributed by atoms with Crippen molar-refractivity contribution in [3.8, 4) is 11.1 Å². The van der Waals surface area contributed by atoms with Gasteiger partial charge in [-0.3, -0.25) is 4.79 Å². The van der Waals surface area contributed by atoms with Gasteiger partial charge in [0.05, 0.1) is 5.69 Å². The molecule has 6 nitrogen and oxygen atoms in total. The fourth-order valence-corrected chi connectivity index (χ4v) is 4.60. The molecule has 3 heterocycles. The Labute approximate surface area is 170 Å². The average Bonchev–Trinajstić information content (AvgIpc) is 3.35. The summed E-state index contributed by atoms with van der Waals surface area (Å²) in [5.74, 6) is 0.897.